The maximum absolute atomic E-state index is 6.24. The van der Waals surface area contributed by atoms with E-state index < -0.39 is 0 Å². The molecular formula is C20H16NO+. The third-order valence-corrected chi connectivity index (χ3v) is 4.76. The maximum Gasteiger partial charge on any atom is 0.220 e. The SMILES string of the molecule is Cc1ccc2c(oc3ccccc32)c1-c1c2c(cc[n+]1C)C2. The molecule has 0 saturated heterocycles. The zero-order chi connectivity index (χ0) is 14.8. The van der Waals surface area contributed by atoms with Crippen molar-refractivity contribution in [1.29, 1.82) is 0 Å². The van der Waals surface area contributed by atoms with Gasteiger partial charge in [0.05, 0.1) is 5.56 Å². The van der Waals surface area contributed by atoms with Crippen LogP contribution in [0, 0.1) is 6.92 Å². The smallest absolute Gasteiger partial charge is 0.220 e. The monoisotopic (exact) mass is 286 g/mol. The van der Waals surface area contributed by atoms with Crippen LogP contribution in [0.25, 0.3) is 33.2 Å². The fourth-order valence-corrected chi connectivity index (χ4v) is 3.54. The van der Waals surface area contributed by atoms with Crippen molar-refractivity contribution in [3.63, 3.8) is 0 Å². The summed E-state index contributed by atoms with van der Waals surface area (Å²) in [6.07, 6.45) is 3.26. The molecule has 0 spiro atoms. The van der Waals surface area contributed by atoms with Crippen molar-refractivity contribution in [2.24, 2.45) is 7.05 Å². The number of hydrogen-bond acceptors (Lipinski definition) is 1. The minimum atomic E-state index is 0.962. The lowest BCUT2D eigenvalue weighted by Crippen LogP contribution is -2.30. The van der Waals surface area contributed by atoms with Crippen LogP contribution in [0.2, 0.25) is 0 Å². The topological polar surface area (TPSA) is 17.0 Å². The summed E-state index contributed by atoms with van der Waals surface area (Å²) >= 11 is 0. The Balaban J connectivity index is 1.97. The number of hydrogen-bond donors (Lipinski definition) is 0. The zero-order valence-electron chi connectivity index (χ0n) is 12.7. The van der Waals surface area contributed by atoms with E-state index in [1.807, 2.05) is 12.1 Å². The molecule has 0 radical (unpaired) electrons. The van der Waals surface area contributed by atoms with Gasteiger partial charge in [0.1, 0.15) is 18.2 Å². The average molecular weight is 286 g/mol. The Bertz CT molecular complexity index is 1070. The summed E-state index contributed by atoms with van der Waals surface area (Å²) in [6, 6.07) is 14.9. The van der Waals surface area contributed by atoms with Crippen LogP contribution in [0.3, 0.4) is 0 Å². The van der Waals surface area contributed by atoms with Crippen LogP contribution in [0.15, 0.2) is 53.1 Å². The van der Waals surface area contributed by atoms with E-state index >= 15 is 0 Å². The lowest BCUT2D eigenvalue weighted by molar-refractivity contribution is -0.660. The van der Waals surface area contributed by atoms with Crippen molar-refractivity contribution in [3.8, 4) is 11.3 Å². The fourth-order valence-electron chi connectivity index (χ4n) is 3.54. The molecule has 2 heteroatoms. The molecule has 4 aromatic rings. The largest absolute Gasteiger partial charge is 0.455 e. The molecule has 0 aliphatic heterocycles. The van der Waals surface area contributed by atoms with E-state index in [2.05, 4.69) is 55.1 Å². The summed E-state index contributed by atoms with van der Waals surface area (Å²) < 4.78 is 8.46. The van der Waals surface area contributed by atoms with Gasteiger partial charge < -0.3 is 4.42 Å². The average Bonchev–Trinajstić information content (AvgIpc) is 3.21. The van der Waals surface area contributed by atoms with E-state index in [9.17, 15) is 0 Å². The van der Waals surface area contributed by atoms with Crippen molar-refractivity contribution >= 4 is 21.9 Å². The Morgan fingerprint density at radius 3 is 2.77 bits per heavy atom. The van der Waals surface area contributed by atoms with Crippen LogP contribution < -0.4 is 4.57 Å². The molecule has 0 bridgehead atoms. The molecule has 1 aliphatic rings. The molecule has 0 N–H and O–H groups in total. The molecule has 2 heterocycles. The first-order valence-electron chi connectivity index (χ1n) is 7.65. The van der Waals surface area contributed by atoms with E-state index in [4.69, 9.17) is 4.42 Å². The Hall–Kier alpha value is -2.61. The first kappa shape index (κ1) is 12.0. The number of aryl methyl sites for hydroxylation is 2. The van der Waals surface area contributed by atoms with E-state index in [1.165, 1.54) is 38.7 Å². The lowest BCUT2D eigenvalue weighted by Gasteiger charge is -2.05. The normalized spacial score (nSPS) is 12.8. The molecule has 2 aromatic heterocycles. The van der Waals surface area contributed by atoms with Crippen molar-refractivity contribution in [1.82, 2.24) is 0 Å². The number of pyridine rings is 1. The van der Waals surface area contributed by atoms with Crippen molar-refractivity contribution < 1.29 is 8.98 Å². The van der Waals surface area contributed by atoms with Crippen LogP contribution in [-0.4, -0.2) is 0 Å². The predicted octanol–water partition coefficient (Wildman–Crippen LogP) is 4.29. The minimum Gasteiger partial charge on any atom is -0.455 e. The summed E-state index contributed by atoms with van der Waals surface area (Å²) in [6.45, 7) is 2.17. The third kappa shape index (κ3) is 1.47. The summed E-state index contributed by atoms with van der Waals surface area (Å²) in [7, 11) is 2.12. The molecular weight excluding hydrogens is 270 g/mol. The summed E-state index contributed by atoms with van der Waals surface area (Å²) in [4.78, 5) is 0. The molecule has 0 atom stereocenters. The van der Waals surface area contributed by atoms with Crippen LogP contribution in [0.1, 0.15) is 16.7 Å². The van der Waals surface area contributed by atoms with Gasteiger partial charge in [-0.3, -0.25) is 0 Å². The van der Waals surface area contributed by atoms with Gasteiger partial charge >= 0.3 is 0 Å². The second kappa shape index (κ2) is 3.98. The van der Waals surface area contributed by atoms with Gasteiger partial charge in [-0.15, -0.1) is 0 Å². The molecule has 0 fully saturated rings. The molecule has 2 aromatic carbocycles. The van der Waals surface area contributed by atoms with Crippen LogP contribution >= 0.6 is 0 Å². The van der Waals surface area contributed by atoms with Crippen molar-refractivity contribution in [2.75, 3.05) is 0 Å². The Morgan fingerprint density at radius 2 is 1.86 bits per heavy atom. The quantitative estimate of drug-likeness (QED) is 0.420. The Morgan fingerprint density at radius 1 is 1.00 bits per heavy atom. The van der Waals surface area contributed by atoms with Gasteiger partial charge in [-0.25, -0.2) is 4.57 Å². The van der Waals surface area contributed by atoms with Crippen molar-refractivity contribution in [2.45, 2.75) is 13.3 Å². The first-order chi connectivity index (χ1) is 10.7. The molecule has 0 amide bonds. The Kier molecular flexibility index (Phi) is 2.17. The number of fused-ring (bicyclic) bond motifs is 4. The zero-order valence-corrected chi connectivity index (χ0v) is 12.7. The van der Waals surface area contributed by atoms with Gasteiger partial charge in [-0.05, 0) is 24.1 Å². The molecule has 22 heavy (non-hydrogen) atoms. The molecule has 0 unspecified atom stereocenters. The highest BCUT2D eigenvalue weighted by molar-refractivity contribution is 6.10. The van der Waals surface area contributed by atoms with E-state index in [1.54, 1.807) is 0 Å². The lowest BCUT2D eigenvalue weighted by atomic mass is 10.0. The van der Waals surface area contributed by atoms with Crippen LogP contribution in [-0.2, 0) is 13.5 Å². The number of rotatable bonds is 1. The van der Waals surface area contributed by atoms with E-state index in [0.717, 1.165) is 17.6 Å². The van der Waals surface area contributed by atoms with Gasteiger partial charge in [-0.2, -0.15) is 0 Å². The van der Waals surface area contributed by atoms with Gasteiger partial charge in [0.25, 0.3) is 0 Å². The minimum absolute atomic E-state index is 0.962. The number of para-hydroxylation sites is 1. The van der Waals surface area contributed by atoms with Gasteiger partial charge in [0.2, 0.25) is 5.69 Å². The summed E-state index contributed by atoms with van der Waals surface area (Å²) in [5, 5.41) is 2.40. The second-order valence-corrected chi connectivity index (χ2v) is 6.19. The highest BCUT2D eigenvalue weighted by Gasteiger charge is 2.32. The number of aromatic nitrogens is 1. The molecule has 5 rings (SSSR count). The highest BCUT2D eigenvalue weighted by atomic mass is 16.3. The standard InChI is InChI=1S/C20H16NO/c1-12-7-8-15-14-5-3-4-6-17(14)22-20(15)18(12)19-16-11-13(16)9-10-21(19)2/h3-10H,11H2,1-2H3/q+1. The maximum atomic E-state index is 6.24. The van der Waals surface area contributed by atoms with Crippen LogP contribution in [0.4, 0.5) is 0 Å². The number of nitrogens with zero attached hydrogens (tertiary/aromatic N) is 1. The molecule has 0 saturated carbocycles. The van der Waals surface area contributed by atoms with Gasteiger partial charge in [0.15, 0.2) is 6.20 Å². The fraction of sp³-hybridized carbons (Fsp3) is 0.150. The van der Waals surface area contributed by atoms with Crippen molar-refractivity contribution in [3.05, 3.63) is 65.4 Å². The van der Waals surface area contributed by atoms with E-state index in [-0.39, 0.29) is 0 Å². The molecule has 1 aliphatic carbocycles. The number of furan rings is 1. The highest BCUT2D eigenvalue weighted by Crippen LogP contribution is 2.41. The first-order valence-corrected chi connectivity index (χ1v) is 7.65. The predicted molar refractivity (Wildman–Crippen MR) is 87.9 cm³/mol. The summed E-state index contributed by atoms with van der Waals surface area (Å²) in [5.74, 6) is 0. The van der Waals surface area contributed by atoms with Gasteiger partial charge in [-0.1, -0.05) is 30.3 Å². The third-order valence-electron chi connectivity index (χ3n) is 4.76. The Labute approximate surface area is 128 Å². The van der Waals surface area contributed by atoms with Gasteiger partial charge in [0, 0.05) is 28.8 Å². The second-order valence-electron chi connectivity index (χ2n) is 6.19. The molecule has 2 nitrogen and oxygen atoms in total. The summed E-state index contributed by atoms with van der Waals surface area (Å²) in [5.41, 5.74) is 8.70. The van der Waals surface area contributed by atoms with Crippen LogP contribution in [0.5, 0.6) is 0 Å². The van der Waals surface area contributed by atoms with E-state index in [0.29, 0.717) is 0 Å². The molecule has 106 valence electrons. The number of benzene rings is 2.